The largest absolute Gasteiger partial charge is 0.468 e. The minimum atomic E-state index is -0.425. The molecule has 0 saturated carbocycles. The lowest BCUT2D eigenvalue weighted by Crippen LogP contribution is -2.42. The lowest BCUT2D eigenvalue weighted by molar-refractivity contribution is 0.1000. The zero-order valence-electron chi connectivity index (χ0n) is 15.6. The van der Waals surface area contributed by atoms with E-state index in [9.17, 15) is 4.79 Å². The van der Waals surface area contributed by atoms with Gasteiger partial charge < -0.3 is 20.8 Å². The minimum Gasteiger partial charge on any atom is -0.468 e. The number of guanidine groups is 1. The normalized spacial score (nSPS) is 16.3. The number of amides is 1. The summed E-state index contributed by atoms with van der Waals surface area (Å²) in [6.45, 7) is 3.42. The van der Waals surface area contributed by atoms with Gasteiger partial charge in [-0.25, -0.2) is 0 Å². The van der Waals surface area contributed by atoms with Crippen molar-refractivity contribution < 1.29 is 9.21 Å². The third-order valence-electron chi connectivity index (χ3n) is 4.81. The van der Waals surface area contributed by atoms with E-state index in [0.29, 0.717) is 24.6 Å². The fourth-order valence-corrected chi connectivity index (χ4v) is 3.38. The summed E-state index contributed by atoms with van der Waals surface area (Å²) in [6.07, 6.45) is 4.16. The minimum absolute atomic E-state index is 0.180. The van der Waals surface area contributed by atoms with Crippen LogP contribution in [0.4, 0.5) is 0 Å². The maximum Gasteiger partial charge on any atom is 0.248 e. The van der Waals surface area contributed by atoms with E-state index >= 15 is 0 Å². The van der Waals surface area contributed by atoms with Gasteiger partial charge in [0.2, 0.25) is 5.91 Å². The van der Waals surface area contributed by atoms with Gasteiger partial charge in [0.1, 0.15) is 5.76 Å². The predicted molar refractivity (Wildman–Crippen MR) is 105 cm³/mol. The van der Waals surface area contributed by atoms with E-state index in [1.54, 1.807) is 25.4 Å². The second kappa shape index (κ2) is 9.23. The fourth-order valence-electron chi connectivity index (χ4n) is 3.38. The highest BCUT2D eigenvalue weighted by atomic mass is 16.3. The Labute approximate surface area is 159 Å². The van der Waals surface area contributed by atoms with Crippen molar-refractivity contribution in [3.63, 3.8) is 0 Å². The standard InChI is InChI=1S/C20H27N5O2/c1-22-20(23-13-15-6-4-7-16(12-15)19(21)26)24-14-17(18-8-5-11-27-18)25-9-2-3-10-25/h4-8,11-12,17H,2-3,9-10,13-14H2,1H3,(H2,21,26)(H2,22,23,24). The number of rotatable bonds is 7. The highest BCUT2D eigenvalue weighted by molar-refractivity contribution is 5.92. The molecule has 0 spiro atoms. The molecule has 0 aliphatic carbocycles. The van der Waals surface area contributed by atoms with Crippen LogP contribution in [-0.4, -0.2) is 43.4 Å². The van der Waals surface area contributed by atoms with Gasteiger partial charge in [-0.1, -0.05) is 12.1 Å². The lowest BCUT2D eigenvalue weighted by Gasteiger charge is -2.26. The highest BCUT2D eigenvalue weighted by Crippen LogP contribution is 2.24. The van der Waals surface area contributed by atoms with Crippen LogP contribution in [0.25, 0.3) is 0 Å². The first-order chi connectivity index (χ1) is 13.2. The number of nitrogens with zero attached hydrogens (tertiary/aromatic N) is 2. The number of hydrogen-bond acceptors (Lipinski definition) is 4. The molecular formula is C20H27N5O2. The first kappa shape index (κ1) is 19.0. The molecule has 3 rings (SSSR count). The maximum atomic E-state index is 11.3. The van der Waals surface area contributed by atoms with E-state index in [2.05, 4.69) is 20.5 Å². The number of benzene rings is 1. The molecule has 2 heterocycles. The number of carbonyl (C=O) groups excluding carboxylic acids is 1. The Balaban J connectivity index is 1.57. The Morgan fingerprint density at radius 2 is 2.07 bits per heavy atom. The number of hydrogen-bond donors (Lipinski definition) is 3. The summed E-state index contributed by atoms with van der Waals surface area (Å²) in [5, 5.41) is 6.67. The second-order valence-corrected chi connectivity index (χ2v) is 6.65. The average molecular weight is 369 g/mol. The number of nitrogens with two attached hydrogens (primary N) is 1. The molecule has 1 aromatic carbocycles. The van der Waals surface area contributed by atoms with Crippen LogP contribution in [0.3, 0.4) is 0 Å². The van der Waals surface area contributed by atoms with E-state index < -0.39 is 5.91 Å². The third kappa shape index (κ3) is 5.10. The molecule has 7 nitrogen and oxygen atoms in total. The molecule has 1 aliphatic heterocycles. The van der Waals surface area contributed by atoms with E-state index in [4.69, 9.17) is 10.2 Å². The Kier molecular flexibility index (Phi) is 6.49. The van der Waals surface area contributed by atoms with Crippen molar-refractivity contribution in [1.29, 1.82) is 0 Å². The van der Waals surface area contributed by atoms with Gasteiger partial charge >= 0.3 is 0 Å². The Morgan fingerprint density at radius 1 is 1.26 bits per heavy atom. The van der Waals surface area contributed by atoms with Crippen molar-refractivity contribution in [2.24, 2.45) is 10.7 Å². The summed E-state index contributed by atoms with van der Waals surface area (Å²) in [4.78, 5) is 18.0. The van der Waals surface area contributed by atoms with Crippen molar-refractivity contribution in [3.8, 4) is 0 Å². The van der Waals surface area contributed by atoms with Gasteiger partial charge in [0.05, 0.1) is 12.3 Å². The molecule has 7 heteroatoms. The quantitative estimate of drug-likeness (QED) is 0.512. The van der Waals surface area contributed by atoms with Crippen LogP contribution >= 0.6 is 0 Å². The van der Waals surface area contributed by atoms with E-state index in [1.165, 1.54) is 12.8 Å². The Morgan fingerprint density at radius 3 is 2.74 bits per heavy atom. The number of aliphatic imine (C=N–C) groups is 1. The fraction of sp³-hybridized carbons (Fsp3) is 0.400. The van der Waals surface area contributed by atoms with Crippen LogP contribution < -0.4 is 16.4 Å². The average Bonchev–Trinajstić information content (AvgIpc) is 3.39. The molecule has 1 atom stereocenters. The van der Waals surface area contributed by atoms with Gasteiger partial charge in [-0.05, 0) is 55.8 Å². The molecule has 0 radical (unpaired) electrons. The first-order valence-corrected chi connectivity index (χ1v) is 9.28. The molecule has 1 amide bonds. The van der Waals surface area contributed by atoms with Gasteiger partial charge in [0.15, 0.2) is 5.96 Å². The summed E-state index contributed by atoms with van der Waals surface area (Å²) in [7, 11) is 1.74. The zero-order valence-corrected chi connectivity index (χ0v) is 15.6. The number of nitrogens with one attached hydrogen (secondary N) is 2. The number of furan rings is 1. The molecular weight excluding hydrogens is 342 g/mol. The van der Waals surface area contributed by atoms with E-state index in [-0.39, 0.29) is 6.04 Å². The van der Waals surface area contributed by atoms with Gasteiger partial charge in [0.25, 0.3) is 0 Å². The zero-order chi connectivity index (χ0) is 19.1. The predicted octanol–water partition coefficient (Wildman–Crippen LogP) is 1.88. The molecule has 144 valence electrons. The SMILES string of the molecule is CN=C(NCc1cccc(C(N)=O)c1)NCC(c1ccco1)N1CCCC1. The molecule has 1 aromatic heterocycles. The summed E-state index contributed by atoms with van der Waals surface area (Å²) >= 11 is 0. The molecule has 27 heavy (non-hydrogen) atoms. The molecule has 0 bridgehead atoms. The number of likely N-dealkylation sites (tertiary alicyclic amines) is 1. The summed E-state index contributed by atoms with van der Waals surface area (Å²) in [5.74, 6) is 1.25. The van der Waals surface area contributed by atoms with Crippen LogP contribution in [0.1, 0.15) is 40.6 Å². The molecule has 1 aliphatic rings. The molecule has 1 fully saturated rings. The molecule has 1 unspecified atom stereocenters. The van der Waals surface area contributed by atoms with Gasteiger partial charge in [-0.15, -0.1) is 0 Å². The van der Waals surface area contributed by atoms with Crippen molar-refractivity contribution in [1.82, 2.24) is 15.5 Å². The third-order valence-corrected chi connectivity index (χ3v) is 4.81. The first-order valence-electron chi connectivity index (χ1n) is 9.28. The Bertz CT molecular complexity index is 766. The molecule has 4 N–H and O–H groups in total. The van der Waals surface area contributed by atoms with Crippen molar-refractivity contribution in [2.45, 2.75) is 25.4 Å². The van der Waals surface area contributed by atoms with Crippen LogP contribution in [0.15, 0.2) is 52.1 Å². The summed E-state index contributed by atoms with van der Waals surface area (Å²) in [5.41, 5.74) is 6.82. The van der Waals surface area contributed by atoms with Gasteiger partial charge in [0, 0.05) is 25.7 Å². The highest BCUT2D eigenvalue weighted by Gasteiger charge is 2.25. The summed E-state index contributed by atoms with van der Waals surface area (Å²) < 4.78 is 5.65. The Hall–Kier alpha value is -2.80. The van der Waals surface area contributed by atoms with Crippen molar-refractivity contribution >= 4 is 11.9 Å². The molecule has 1 saturated heterocycles. The van der Waals surface area contributed by atoms with E-state index in [0.717, 1.165) is 24.4 Å². The molecule has 2 aromatic rings. The van der Waals surface area contributed by atoms with Crippen LogP contribution in [-0.2, 0) is 6.54 Å². The van der Waals surface area contributed by atoms with E-state index in [1.807, 2.05) is 24.3 Å². The van der Waals surface area contributed by atoms with Gasteiger partial charge in [-0.3, -0.25) is 14.7 Å². The smallest absolute Gasteiger partial charge is 0.248 e. The number of primary amides is 1. The van der Waals surface area contributed by atoms with Crippen LogP contribution in [0, 0.1) is 0 Å². The number of carbonyl (C=O) groups is 1. The lowest BCUT2D eigenvalue weighted by atomic mass is 10.1. The second-order valence-electron chi connectivity index (χ2n) is 6.65. The summed E-state index contributed by atoms with van der Waals surface area (Å²) in [6, 6.07) is 11.4. The van der Waals surface area contributed by atoms with Crippen LogP contribution in [0.5, 0.6) is 0 Å². The van der Waals surface area contributed by atoms with Crippen LogP contribution in [0.2, 0.25) is 0 Å². The van der Waals surface area contributed by atoms with Gasteiger partial charge in [-0.2, -0.15) is 0 Å². The monoisotopic (exact) mass is 369 g/mol. The van der Waals surface area contributed by atoms with Crippen molar-refractivity contribution in [3.05, 3.63) is 59.5 Å². The topological polar surface area (TPSA) is 95.9 Å². The van der Waals surface area contributed by atoms with Crippen molar-refractivity contribution in [2.75, 3.05) is 26.7 Å². The maximum absolute atomic E-state index is 11.3.